The van der Waals surface area contributed by atoms with Gasteiger partial charge in [0, 0.05) is 8.07 Å². The molecule has 0 aliphatic heterocycles. The van der Waals surface area contributed by atoms with Crippen molar-refractivity contribution in [2.45, 2.75) is 25.7 Å². The first-order valence-electron chi connectivity index (χ1n) is 3.57. The Morgan fingerprint density at radius 1 is 1.45 bits per heavy atom. The summed E-state index contributed by atoms with van der Waals surface area (Å²) in [4.78, 5) is 20.1. The molecule has 11 heavy (non-hydrogen) atoms. The summed E-state index contributed by atoms with van der Waals surface area (Å²) in [5.41, 5.74) is 0. The first-order chi connectivity index (χ1) is 4.95. The SMILES string of the molecule is C[Si](C)(C)CCOC(=O)C=O. The summed E-state index contributed by atoms with van der Waals surface area (Å²) >= 11 is 0. The molecule has 0 saturated heterocycles. The van der Waals surface area contributed by atoms with E-state index in [0.29, 0.717) is 6.61 Å². The van der Waals surface area contributed by atoms with Gasteiger partial charge < -0.3 is 4.74 Å². The van der Waals surface area contributed by atoms with Crippen LogP contribution in [0, 0.1) is 0 Å². The summed E-state index contributed by atoms with van der Waals surface area (Å²) in [7, 11) is -1.13. The van der Waals surface area contributed by atoms with Gasteiger partial charge >= 0.3 is 5.97 Å². The fourth-order valence-corrected chi connectivity index (χ4v) is 1.21. The molecule has 0 saturated carbocycles. The Kier molecular flexibility index (Phi) is 4.03. The Morgan fingerprint density at radius 2 is 2.00 bits per heavy atom. The molecule has 0 heterocycles. The maximum atomic E-state index is 10.3. The molecule has 0 atom stereocenters. The van der Waals surface area contributed by atoms with Crippen LogP contribution in [0.15, 0.2) is 0 Å². The van der Waals surface area contributed by atoms with Gasteiger partial charge in [-0.25, -0.2) is 4.79 Å². The molecule has 0 aromatic rings. The third-order valence-corrected chi connectivity index (χ3v) is 2.90. The molecule has 3 nitrogen and oxygen atoms in total. The predicted molar refractivity (Wildman–Crippen MR) is 45.2 cm³/mol. The highest BCUT2D eigenvalue weighted by Gasteiger charge is 2.13. The van der Waals surface area contributed by atoms with E-state index in [0.717, 1.165) is 6.04 Å². The Morgan fingerprint density at radius 3 is 2.36 bits per heavy atom. The molecule has 0 amide bonds. The molecule has 0 fully saturated rings. The van der Waals surface area contributed by atoms with Gasteiger partial charge in [0.25, 0.3) is 0 Å². The summed E-state index contributed by atoms with van der Waals surface area (Å²) in [6.07, 6.45) is 0.199. The minimum atomic E-state index is -1.13. The van der Waals surface area contributed by atoms with Crippen LogP contribution in [0.1, 0.15) is 0 Å². The zero-order chi connectivity index (χ0) is 8.91. The molecular weight excluding hydrogens is 160 g/mol. The van der Waals surface area contributed by atoms with Crippen molar-refractivity contribution in [2.75, 3.05) is 6.61 Å². The van der Waals surface area contributed by atoms with Gasteiger partial charge in [-0.15, -0.1) is 0 Å². The van der Waals surface area contributed by atoms with Crippen LogP contribution in [0.3, 0.4) is 0 Å². The summed E-state index contributed by atoms with van der Waals surface area (Å²) in [5, 5.41) is 0. The highest BCUT2D eigenvalue weighted by Crippen LogP contribution is 2.07. The summed E-state index contributed by atoms with van der Waals surface area (Å²) in [6.45, 7) is 6.93. The van der Waals surface area contributed by atoms with Crippen LogP contribution in [0.5, 0.6) is 0 Å². The van der Waals surface area contributed by atoms with Crippen LogP contribution >= 0.6 is 0 Å². The number of esters is 1. The quantitative estimate of drug-likeness (QED) is 0.277. The molecule has 0 N–H and O–H groups in total. The summed E-state index contributed by atoms with van der Waals surface area (Å²) in [5.74, 6) is -0.761. The first kappa shape index (κ1) is 10.4. The fourth-order valence-electron chi connectivity index (χ4n) is 0.492. The van der Waals surface area contributed by atoms with Crippen LogP contribution in [-0.4, -0.2) is 26.9 Å². The average Bonchev–Trinajstić information content (AvgIpc) is 1.85. The second-order valence-electron chi connectivity index (χ2n) is 3.60. The van der Waals surface area contributed by atoms with Crippen molar-refractivity contribution in [1.82, 2.24) is 0 Å². The van der Waals surface area contributed by atoms with Gasteiger partial charge in [-0.3, -0.25) is 4.79 Å². The van der Waals surface area contributed by atoms with Gasteiger partial charge in [0.05, 0.1) is 6.61 Å². The van der Waals surface area contributed by atoms with Crippen molar-refractivity contribution in [1.29, 1.82) is 0 Å². The van der Waals surface area contributed by atoms with Crippen LogP contribution < -0.4 is 0 Å². The normalized spacial score (nSPS) is 10.8. The minimum Gasteiger partial charge on any atom is -0.460 e. The van der Waals surface area contributed by atoms with Gasteiger partial charge in [-0.1, -0.05) is 19.6 Å². The maximum Gasteiger partial charge on any atom is 0.371 e. The largest absolute Gasteiger partial charge is 0.460 e. The summed E-state index contributed by atoms with van der Waals surface area (Å²) < 4.78 is 4.59. The summed E-state index contributed by atoms with van der Waals surface area (Å²) in [6, 6.07) is 0.909. The van der Waals surface area contributed by atoms with Crippen molar-refractivity contribution in [3.05, 3.63) is 0 Å². The molecule has 0 bridgehead atoms. The number of carbonyl (C=O) groups excluding carboxylic acids is 2. The molecule has 0 aliphatic carbocycles. The maximum absolute atomic E-state index is 10.3. The number of hydrogen-bond donors (Lipinski definition) is 0. The third kappa shape index (κ3) is 7.25. The molecule has 4 heteroatoms. The van der Waals surface area contributed by atoms with Crippen LogP contribution in [0.4, 0.5) is 0 Å². The zero-order valence-electron chi connectivity index (χ0n) is 7.22. The Balaban J connectivity index is 3.42. The number of rotatable bonds is 4. The van der Waals surface area contributed by atoms with E-state index in [1.165, 1.54) is 0 Å². The molecule has 0 aromatic heterocycles. The molecule has 0 unspecified atom stereocenters. The monoisotopic (exact) mass is 174 g/mol. The van der Waals surface area contributed by atoms with E-state index >= 15 is 0 Å². The standard InChI is InChI=1S/C7H14O3Si/c1-11(2,3)5-4-10-7(9)6-8/h6H,4-5H2,1-3H3. The predicted octanol–water partition coefficient (Wildman–Crippen LogP) is 1.07. The Labute approximate surface area is 67.7 Å². The highest BCUT2D eigenvalue weighted by atomic mass is 28.3. The van der Waals surface area contributed by atoms with Crippen molar-refractivity contribution < 1.29 is 14.3 Å². The van der Waals surface area contributed by atoms with Crippen molar-refractivity contribution in [3.8, 4) is 0 Å². The van der Waals surface area contributed by atoms with Crippen molar-refractivity contribution in [2.24, 2.45) is 0 Å². The van der Waals surface area contributed by atoms with E-state index in [1.807, 2.05) is 0 Å². The zero-order valence-corrected chi connectivity index (χ0v) is 8.22. The topological polar surface area (TPSA) is 43.4 Å². The van der Waals surface area contributed by atoms with E-state index in [2.05, 4.69) is 24.4 Å². The van der Waals surface area contributed by atoms with Crippen molar-refractivity contribution >= 4 is 20.3 Å². The van der Waals surface area contributed by atoms with E-state index < -0.39 is 14.0 Å². The lowest BCUT2D eigenvalue weighted by atomic mass is 10.7. The van der Waals surface area contributed by atoms with E-state index in [4.69, 9.17) is 0 Å². The van der Waals surface area contributed by atoms with Gasteiger partial charge in [-0.2, -0.15) is 0 Å². The third-order valence-electron chi connectivity index (χ3n) is 1.19. The lowest BCUT2D eigenvalue weighted by Gasteiger charge is -2.14. The average molecular weight is 174 g/mol. The number of aldehydes is 1. The molecule has 64 valence electrons. The number of ether oxygens (including phenoxy) is 1. The molecule has 0 aliphatic rings. The van der Waals surface area contributed by atoms with Crippen molar-refractivity contribution in [3.63, 3.8) is 0 Å². The fraction of sp³-hybridized carbons (Fsp3) is 0.714. The van der Waals surface area contributed by atoms with Crippen LogP contribution in [0.2, 0.25) is 25.7 Å². The molecule has 0 aromatic carbocycles. The van der Waals surface area contributed by atoms with Gasteiger partial charge in [-0.05, 0) is 6.04 Å². The second-order valence-corrected chi connectivity index (χ2v) is 9.22. The minimum absolute atomic E-state index is 0.199. The van der Waals surface area contributed by atoms with E-state index in [-0.39, 0.29) is 6.29 Å². The number of carbonyl (C=O) groups is 2. The lowest BCUT2D eigenvalue weighted by molar-refractivity contribution is -0.148. The van der Waals surface area contributed by atoms with Gasteiger partial charge in [0.2, 0.25) is 6.29 Å². The van der Waals surface area contributed by atoms with Gasteiger partial charge in [0.1, 0.15) is 0 Å². The van der Waals surface area contributed by atoms with E-state index in [9.17, 15) is 9.59 Å². The van der Waals surface area contributed by atoms with Gasteiger partial charge in [0.15, 0.2) is 0 Å². The Bertz CT molecular complexity index is 148. The lowest BCUT2D eigenvalue weighted by Crippen LogP contribution is -2.22. The Hall–Kier alpha value is -0.643. The van der Waals surface area contributed by atoms with E-state index in [1.54, 1.807) is 0 Å². The molecule has 0 spiro atoms. The molecule has 0 radical (unpaired) electrons. The molecule has 0 rings (SSSR count). The van der Waals surface area contributed by atoms with Crippen LogP contribution in [-0.2, 0) is 14.3 Å². The molecular formula is C7H14O3Si. The first-order valence-corrected chi connectivity index (χ1v) is 7.28. The van der Waals surface area contributed by atoms with Crippen LogP contribution in [0.25, 0.3) is 0 Å². The highest BCUT2D eigenvalue weighted by molar-refractivity contribution is 6.76. The second kappa shape index (κ2) is 4.28. The number of hydrogen-bond acceptors (Lipinski definition) is 3. The smallest absolute Gasteiger partial charge is 0.371 e.